The maximum Gasteiger partial charge on any atom is 0.209 e. The Morgan fingerprint density at radius 2 is 2.38 bits per heavy atom. The summed E-state index contributed by atoms with van der Waals surface area (Å²) in [5.41, 5.74) is 0.922. The van der Waals surface area contributed by atoms with Gasteiger partial charge in [0.05, 0.1) is 12.7 Å². The smallest absolute Gasteiger partial charge is 0.209 e. The fourth-order valence-electron chi connectivity index (χ4n) is 2.70. The lowest BCUT2D eigenvalue weighted by molar-refractivity contribution is -0.112. The highest BCUT2D eigenvalue weighted by Gasteiger charge is 2.20. The Morgan fingerprint density at radius 3 is 3.19 bits per heavy atom. The van der Waals surface area contributed by atoms with Crippen LogP contribution in [0.4, 0.5) is 0 Å². The number of piperidine rings is 1. The second kappa shape index (κ2) is 6.41. The number of rotatable bonds is 4. The number of hydrogen-bond acceptors (Lipinski definition) is 4. The number of hydrogen-bond donors (Lipinski definition) is 0. The number of aromatic nitrogens is 1. The molecule has 21 heavy (non-hydrogen) atoms. The van der Waals surface area contributed by atoms with E-state index in [-0.39, 0.29) is 5.92 Å². The molecule has 2 heterocycles. The van der Waals surface area contributed by atoms with Crippen molar-refractivity contribution >= 4 is 17.9 Å². The molecule has 110 valence electrons. The van der Waals surface area contributed by atoms with Crippen molar-refractivity contribution in [2.45, 2.75) is 19.4 Å². The lowest BCUT2D eigenvalue weighted by Gasteiger charge is -2.28. The van der Waals surface area contributed by atoms with Gasteiger partial charge in [-0.25, -0.2) is 4.98 Å². The fraction of sp³-hybridized carbons (Fsp3) is 0.375. The van der Waals surface area contributed by atoms with Crippen LogP contribution in [0.5, 0.6) is 0 Å². The molecule has 0 amide bonds. The zero-order chi connectivity index (χ0) is 14.7. The van der Waals surface area contributed by atoms with Gasteiger partial charge >= 0.3 is 0 Å². The van der Waals surface area contributed by atoms with Gasteiger partial charge in [-0.3, -0.25) is 4.90 Å². The van der Waals surface area contributed by atoms with Gasteiger partial charge in [-0.1, -0.05) is 23.7 Å². The van der Waals surface area contributed by atoms with E-state index in [1.807, 2.05) is 24.3 Å². The van der Waals surface area contributed by atoms with Crippen molar-refractivity contribution in [2.75, 3.05) is 13.1 Å². The van der Waals surface area contributed by atoms with Crippen LogP contribution in [-0.2, 0) is 11.3 Å². The summed E-state index contributed by atoms with van der Waals surface area (Å²) in [6.45, 7) is 2.42. The molecule has 1 aromatic carbocycles. The van der Waals surface area contributed by atoms with Crippen molar-refractivity contribution in [3.05, 3.63) is 41.4 Å². The molecule has 5 heteroatoms. The molecule has 0 radical (unpaired) electrons. The molecule has 0 bridgehead atoms. The Labute approximate surface area is 128 Å². The molecule has 4 nitrogen and oxygen atoms in total. The summed E-state index contributed by atoms with van der Waals surface area (Å²) < 4.78 is 5.80. The molecule has 0 N–H and O–H groups in total. The van der Waals surface area contributed by atoms with Crippen molar-refractivity contribution in [1.29, 1.82) is 0 Å². The van der Waals surface area contributed by atoms with Gasteiger partial charge in [-0.15, -0.1) is 0 Å². The second-order valence-corrected chi connectivity index (χ2v) is 5.84. The number of carbonyl (C=O) groups is 1. The monoisotopic (exact) mass is 304 g/mol. The van der Waals surface area contributed by atoms with Gasteiger partial charge in [0.1, 0.15) is 6.29 Å². The molecular formula is C16H17ClN2O2. The molecule has 1 atom stereocenters. The molecule has 2 aromatic rings. The van der Waals surface area contributed by atoms with Crippen molar-refractivity contribution in [1.82, 2.24) is 9.88 Å². The van der Waals surface area contributed by atoms with E-state index < -0.39 is 0 Å². The number of benzene rings is 1. The van der Waals surface area contributed by atoms with Gasteiger partial charge < -0.3 is 9.21 Å². The van der Waals surface area contributed by atoms with Crippen molar-refractivity contribution < 1.29 is 9.21 Å². The highest BCUT2D eigenvalue weighted by atomic mass is 35.5. The minimum atomic E-state index is 0.140. The molecule has 1 saturated heterocycles. The largest absolute Gasteiger partial charge is 0.439 e. The standard InChI is InChI=1S/C16H17ClN2O2/c17-14-5-1-4-13(7-14)15-8-18-16(21-15)10-19-6-2-3-12(9-19)11-20/h1,4-5,7-8,11-12H,2-3,6,9-10H2. The Hall–Kier alpha value is -1.65. The third-order valence-electron chi connectivity index (χ3n) is 3.76. The quantitative estimate of drug-likeness (QED) is 0.812. The Bertz CT molecular complexity index is 626. The van der Waals surface area contributed by atoms with Crippen LogP contribution in [-0.4, -0.2) is 29.3 Å². The van der Waals surface area contributed by atoms with Gasteiger partial charge in [0.15, 0.2) is 5.76 Å². The topological polar surface area (TPSA) is 46.3 Å². The third-order valence-corrected chi connectivity index (χ3v) is 3.99. The molecular weight excluding hydrogens is 288 g/mol. The minimum Gasteiger partial charge on any atom is -0.439 e. The first-order valence-electron chi connectivity index (χ1n) is 7.13. The Balaban J connectivity index is 1.69. The van der Waals surface area contributed by atoms with E-state index >= 15 is 0 Å². The molecule has 1 aliphatic heterocycles. The zero-order valence-corrected chi connectivity index (χ0v) is 12.4. The average Bonchev–Trinajstić information content (AvgIpc) is 2.96. The van der Waals surface area contributed by atoms with E-state index in [0.29, 0.717) is 17.5 Å². The van der Waals surface area contributed by atoms with Crippen LogP contribution in [0.15, 0.2) is 34.9 Å². The molecule has 1 unspecified atom stereocenters. The summed E-state index contributed by atoms with van der Waals surface area (Å²) in [6.07, 6.45) is 4.81. The van der Waals surface area contributed by atoms with Crippen molar-refractivity contribution in [3.63, 3.8) is 0 Å². The van der Waals surface area contributed by atoms with Crippen LogP contribution in [0, 0.1) is 5.92 Å². The molecule has 3 rings (SSSR count). The second-order valence-electron chi connectivity index (χ2n) is 5.40. The molecule has 0 aliphatic carbocycles. The lowest BCUT2D eigenvalue weighted by Crippen LogP contribution is -2.35. The first kappa shape index (κ1) is 14.3. The van der Waals surface area contributed by atoms with Crippen molar-refractivity contribution in [2.24, 2.45) is 5.92 Å². The number of likely N-dealkylation sites (tertiary alicyclic amines) is 1. The number of carbonyl (C=O) groups excluding carboxylic acids is 1. The predicted octanol–water partition coefficient (Wildman–Crippen LogP) is 3.41. The number of nitrogens with zero attached hydrogens (tertiary/aromatic N) is 2. The first-order valence-corrected chi connectivity index (χ1v) is 7.50. The Morgan fingerprint density at radius 1 is 1.48 bits per heavy atom. The van der Waals surface area contributed by atoms with Crippen molar-refractivity contribution in [3.8, 4) is 11.3 Å². The first-order chi connectivity index (χ1) is 10.2. The van der Waals surface area contributed by atoms with Crippen LogP contribution in [0.3, 0.4) is 0 Å². The summed E-state index contributed by atoms with van der Waals surface area (Å²) in [6, 6.07) is 7.52. The highest BCUT2D eigenvalue weighted by molar-refractivity contribution is 6.30. The van der Waals surface area contributed by atoms with Crippen LogP contribution in [0.25, 0.3) is 11.3 Å². The van der Waals surface area contributed by atoms with Crippen LogP contribution < -0.4 is 0 Å². The number of oxazole rings is 1. The molecule has 1 aliphatic rings. The zero-order valence-electron chi connectivity index (χ0n) is 11.7. The van der Waals surface area contributed by atoms with Gasteiger partial charge in [0, 0.05) is 23.0 Å². The summed E-state index contributed by atoms with van der Waals surface area (Å²) >= 11 is 5.99. The van der Waals surface area contributed by atoms with Gasteiger partial charge in [-0.2, -0.15) is 0 Å². The normalized spacial score (nSPS) is 19.6. The van der Waals surface area contributed by atoms with Gasteiger partial charge in [0.2, 0.25) is 5.89 Å². The number of halogens is 1. The summed E-state index contributed by atoms with van der Waals surface area (Å²) in [5.74, 6) is 1.54. The van der Waals surface area contributed by atoms with Gasteiger partial charge in [0.25, 0.3) is 0 Å². The highest BCUT2D eigenvalue weighted by Crippen LogP contribution is 2.24. The Kier molecular flexibility index (Phi) is 4.36. The van der Waals surface area contributed by atoms with Crippen LogP contribution >= 0.6 is 11.6 Å². The summed E-state index contributed by atoms with van der Waals surface area (Å²) in [5, 5.41) is 0.676. The number of aldehydes is 1. The fourth-order valence-corrected chi connectivity index (χ4v) is 2.89. The van der Waals surface area contributed by atoms with E-state index in [9.17, 15) is 4.79 Å². The maximum absolute atomic E-state index is 10.9. The third kappa shape index (κ3) is 3.52. The van der Waals surface area contributed by atoms with Gasteiger partial charge in [-0.05, 0) is 31.5 Å². The molecule has 0 saturated carbocycles. The van der Waals surface area contributed by atoms with E-state index in [1.54, 1.807) is 6.20 Å². The van der Waals surface area contributed by atoms with E-state index in [2.05, 4.69) is 9.88 Å². The SMILES string of the molecule is O=CC1CCCN(Cc2ncc(-c3cccc(Cl)c3)o2)C1. The van der Waals surface area contributed by atoms with Crippen LogP contribution in [0.1, 0.15) is 18.7 Å². The predicted molar refractivity (Wildman–Crippen MR) is 81.0 cm³/mol. The minimum absolute atomic E-state index is 0.140. The maximum atomic E-state index is 10.9. The summed E-state index contributed by atoms with van der Waals surface area (Å²) in [7, 11) is 0. The average molecular weight is 305 g/mol. The van der Waals surface area contributed by atoms with E-state index in [1.165, 1.54) is 0 Å². The molecule has 1 fully saturated rings. The van der Waals surface area contributed by atoms with E-state index in [0.717, 1.165) is 43.5 Å². The van der Waals surface area contributed by atoms with E-state index in [4.69, 9.17) is 16.0 Å². The molecule has 1 aromatic heterocycles. The summed E-state index contributed by atoms with van der Waals surface area (Å²) in [4.78, 5) is 17.4. The van der Waals surface area contributed by atoms with Crippen LogP contribution in [0.2, 0.25) is 5.02 Å². The lowest BCUT2D eigenvalue weighted by atomic mass is 10.00. The molecule has 0 spiro atoms.